The van der Waals surface area contributed by atoms with Gasteiger partial charge in [0.25, 0.3) is 0 Å². The lowest BCUT2D eigenvalue weighted by atomic mass is 10.1. The lowest BCUT2D eigenvalue weighted by Crippen LogP contribution is -2.27. The average Bonchev–Trinajstić information content (AvgIpc) is 2.69. The number of Topliss-reactive ketones (excluding diaryl/α,β-unsaturated/α-hetero) is 1. The van der Waals surface area contributed by atoms with Gasteiger partial charge in [0.15, 0.2) is 0 Å². The molecule has 27 heavy (non-hydrogen) atoms. The first-order valence-corrected chi connectivity index (χ1v) is 10.2. The maximum atomic E-state index is 12.9. The van der Waals surface area contributed by atoms with Crippen molar-refractivity contribution in [1.29, 1.82) is 0 Å². The number of carbonyl (C=O) groups is 2. The third kappa shape index (κ3) is 7.38. The first-order chi connectivity index (χ1) is 13.2. The number of ketones is 1. The van der Waals surface area contributed by atoms with Crippen LogP contribution >= 0.6 is 0 Å². The van der Waals surface area contributed by atoms with Crippen molar-refractivity contribution in [2.75, 3.05) is 4.90 Å². The van der Waals surface area contributed by atoms with E-state index in [-0.39, 0.29) is 18.1 Å². The summed E-state index contributed by atoms with van der Waals surface area (Å²) in [7, 11) is 0. The molecule has 0 bridgehead atoms. The largest absolute Gasteiger partial charge is 0.299 e. The van der Waals surface area contributed by atoms with Gasteiger partial charge in [-0.25, -0.2) is 0 Å². The maximum Gasteiger partial charge on any atom is 0.238 e. The molecular formula is C24H31NO2. The van der Waals surface area contributed by atoms with Gasteiger partial charge < -0.3 is 0 Å². The average molecular weight is 366 g/mol. The topological polar surface area (TPSA) is 37.4 Å². The van der Waals surface area contributed by atoms with Gasteiger partial charge in [0.2, 0.25) is 5.91 Å². The van der Waals surface area contributed by atoms with Crippen molar-refractivity contribution in [3.63, 3.8) is 0 Å². The molecule has 0 spiro atoms. The molecule has 2 rings (SSSR count). The highest BCUT2D eigenvalue weighted by Crippen LogP contribution is 2.26. The number of para-hydroxylation sites is 2. The summed E-state index contributed by atoms with van der Waals surface area (Å²) in [5.74, 6) is -0.134. The molecule has 0 aliphatic rings. The minimum absolute atomic E-state index is 0.0328. The Bertz CT molecular complexity index is 643. The fourth-order valence-electron chi connectivity index (χ4n) is 3.21. The van der Waals surface area contributed by atoms with E-state index in [2.05, 4.69) is 6.92 Å². The van der Waals surface area contributed by atoms with E-state index in [4.69, 9.17) is 0 Å². The van der Waals surface area contributed by atoms with Crippen molar-refractivity contribution in [2.24, 2.45) is 0 Å². The number of carbonyl (C=O) groups excluding carboxylic acids is 2. The summed E-state index contributed by atoms with van der Waals surface area (Å²) < 4.78 is 0. The lowest BCUT2D eigenvalue weighted by molar-refractivity contribution is -0.126. The van der Waals surface area contributed by atoms with E-state index in [0.29, 0.717) is 6.42 Å². The molecule has 0 aromatic heterocycles. The third-order valence-electron chi connectivity index (χ3n) is 4.69. The Hall–Kier alpha value is -2.42. The summed E-state index contributed by atoms with van der Waals surface area (Å²) in [6.45, 7) is 2.21. The molecule has 0 fully saturated rings. The van der Waals surface area contributed by atoms with Gasteiger partial charge in [-0.1, -0.05) is 81.8 Å². The van der Waals surface area contributed by atoms with Crippen molar-refractivity contribution in [1.82, 2.24) is 0 Å². The highest BCUT2D eigenvalue weighted by Gasteiger charge is 2.20. The smallest absolute Gasteiger partial charge is 0.238 e. The Kier molecular flexibility index (Phi) is 9.33. The van der Waals surface area contributed by atoms with Crippen LogP contribution in [-0.4, -0.2) is 11.7 Å². The summed E-state index contributed by atoms with van der Waals surface area (Å²) in [6.07, 6.45) is 8.67. The molecule has 0 radical (unpaired) electrons. The van der Waals surface area contributed by atoms with Crippen molar-refractivity contribution in [3.8, 4) is 0 Å². The number of rotatable bonds is 12. The predicted molar refractivity (Wildman–Crippen MR) is 112 cm³/mol. The zero-order chi connectivity index (χ0) is 19.3. The summed E-state index contributed by atoms with van der Waals surface area (Å²) in [6, 6.07) is 19.0. The summed E-state index contributed by atoms with van der Waals surface area (Å²) in [5, 5.41) is 0. The quantitative estimate of drug-likeness (QED) is 0.320. The van der Waals surface area contributed by atoms with E-state index < -0.39 is 0 Å². The van der Waals surface area contributed by atoms with Gasteiger partial charge in [-0.2, -0.15) is 0 Å². The molecule has 144 valence electrons. The van der Waals surface area contributed by atoms with Crippen LogP contribution in [0, 0.1) is 0 Å². The normalized spacial score (nSPS) is 10.6. The first kappa shape index (κ1) is 20.9. The van der Waals surface area contributed by atoms with Crippen LogP contribution in [0.4, 0.5) is 11.4 Å². The Morgan fingerprint density at radius 2 is 1.19 bits per heavy atom. The zero-order valence-corrected chi connectivity index (χ0v) is 16.4. The Labute approximate surface area is 163 Å². The summed E-state index contributed by atoms with van der Waals surface area (Å²) in [4.78, 5) is 26.8. The predicted octanol–water partition coefficient (Wildman–Crippen LogP) is 6.45. The molecule has 2 aromatic rings. The van der Waals surface area contributed by atoms with E-state index in [1.807, 2.05) is 60.7 Å². The van der Waals surface area contributed by atoms with Crippen LogP contribution in [0.25, 0.3) is 0 Å². The van der Waals surface area contributed by atoms with E-state index in [0.717, 1.165) is 24.2 Å². The first-order valence-electron chi connectivity index (χ1n) is 10.2. The minimum Gasteiger partial charge on any atom is -0.299 e. The highest BCUT2D eigenvalue weighted by atomic mass is 16.2. The third-order valence-corrected chi connectivity index (χ3v) is 4.69. The van der Waals surface area contributed by atoms with E-state index >= 15 is 0 Å². The van der Waals surface area contributed by atoms with E-state index in [1.165, 1.54) is 32.1 Å². The number of amides is 1. The summed E-state index contributed by atoms with van der Waals surface area (Å²) in [5.41, 5.74) is 1.58. The van der Waals surface area contributed by atoms with Crippen LogP contribution in [0.2, 0.25) is 0 Å². The molecular weight excluding hydrogens is 334 g/mol. The summed E-state index contributed by atoms with van der Waals surface area (Å²) >= 11 is 0. The van der Waals surface area contributed by atoms with Crippen molar-refractivity contribution < 1.29 is 9.59 Å². The van der Waals surface area contributed by atoms with Crippen LogP contribution < -0.4 is 4.90 Å². The van der Waals surface area contributed by atoms with Crippen LogP contribution in [0.3, 0.4) is 0 Å². The number of unbranched alkanes of at least 4 members (excludes halogenated alkanes) is 6. The SMILES string of the molecule is CCCCCCCCCC(=O)CC(=O)N(c1ccccc1)c1ccccc1. The number of benzene rings is 2. The fraction of sp³-hybridized carbons (Fsp3) is 0.417. The highest BCUT2D eigenvalue weighted by molar-refractivity contribution is 6.09. The second-order valence-corrected chi connectivity index (χ2v) is 6.99. The van der Waals surface area contributed by atoms with Crippen molar-refractivity contribution in [2.45, 2.75) is 64.7 Å². The molecule has 0 saturated carbocycles. The van der Waals surface area contributed by atoms with Crippen molar-refractivity contribution in [3.05, 3.63) is 60.7 Å². The second kappa shape index (κ2) is 12.1. The number of hydrogen-bond donors (Lipinski definition) is 0. The molecule has 3 nitrogen and oxygen atoms in total. The fourth-order valence-corrected chi connectivity index (χ4v) is 3.21. The monoisotopic (exact) mass is 365 g/mol. The minimum atomic E-state index is -0.166. The maximum absolute atomic E-state index is 12.9. The Morgan fingerprint density at radius 3 is 1.70 bits per heavy atom. The molecule has 2 aromatic carbocycles. The van der Waals surface area contributed by atoms with Crippen LogP contribution in [0.5, 0.6) is 0 Å². The van der Waals surface area contributed by atoms with Crippen LogP contribution in [0.1, 0.15) is 64.7 Å². The molecule has 0 aliphatic heterocycles. The lowest BCUT2D eigenvalue weighted by Gasteiger charge is -2.22. The number of nitrogens with zero attached hydrogens (tertiary/aromatic N) is 1. The van der Waals surface area contributed by atoms with E-state index in [1.54, 1.807) is 4.90 Å². The molecule has 3 heteroatoms. The zero-order valence-electron chi connectivity index (χ0n) is 16.4. The van der Waals surface area contributed by atoms with Gasteiger partial charge in [-0.3, -0.25) is 14.5 Å². The van der Waals surface area contributed by atoms with Gasteiger partial charge >= 0.3 is 0 Å². The molecule has 0 heterocycles. The Morgan fingerprint density at radius 1 is 0.704 bits per heavy atom. The van der Waals surface area contributed by atoms with Crippen LogP contribution in [0.15, 0.2) is 60.7 Å². The molecule has 1 amide bonds. The molecule has 0 unspecified atom stereocenters. The van der Waals surface area contributed by atoms with E-state index in [9.17, 15) is 9.59 Å². The molecule has 0 aliphatic carbocycles. The van der Waals surface area contributed by atoms with Crippen LogP contribution in [-0.2, 0) is 9.59 Å². The van der Waals surface area contributed by atoms with Gasteiger partial charge in [-0.15, -0.1) is 0 Å². The number of hydrogen-bond acceptors (Lipinski definition) is 2. The number of anilines is 2. The van der Waals surface area contributed by atoms with Gasteiger partial charge in [0, 0.05) is 17.8 Å². The Balaban J connectivity index is 1.88. The van der Waals surface area contributed by atoms with Gasteiger partial charge in [0.05, 0.1) is 6.42 Å². The van der Waals surface area contributed by atoms with Gasteiger partial charge in [0.1, 0.15) is 5.78 Å². The molecule has 0 saturated heterocycles. The van der Waals surface area contributed by atoms with Gasteiger partial charge in [-0.05, 0) is 30.7 Å². The molecule has 0 N–H and O–H groups in total. The van der Waals surface area contributed by atoms with Crippen molar-refractivity contribution >= 4 is 23.1 Å². The second-order valence-electron chi connectivity index (χ2n) is 6.99. The standard InChI is InChI=1S/C24H31NO2/c1-2-3-4-5-6-7-14-19-23(26)20-24(27)25(21-15-10-8-11-16-21)22-17-12-9-13-18-22/h8-13,15-18H,2-7,14,19-20H2,1H3. The molecule has 0 atom stereocenters.